The van der Waals surface area contributed by atoms with Crippen LogP contribution in [0.25, 0.3) is 10.9 Å². The minimum atomic E-state index is -0.821. The lowest BCUT2D eigenvalue weighted by Crippen LogP contribution is -2.38. The van der Waals surface area contributed by atoms with E-state index in [1.165, 1.54) is 0 Å². The average Bonchev–Trinajstić information content (AvgIpc) is 3.41. The molecule has 2 heterocycles. The second-order valence-electron chi connectivity index (χ2n) is 10.4. The fourth-order valence-electron chi connectivity index (χ4n) is 5.71. The Balaban J connectivity index is 1.53. The molecule has 0 aliphatic carbocycles. The van der Waals surface area contributed by atoms with Gasteiger partial charge in [0.1, 0.15) is 11.4 Å². The van der Waals surface area contributed by atoms with Crippen LogP contribution in [0.4, 0.5) is 16.4 Å². The molecule has 43 heavy (non-hydrogen) atoms. The van der Waals surface area contributed by atoms with Gasteiger partial charge in [-0.3, -0.25) is 5.32 Å². The third-order valence-electron chi connectivity index (χ3n) is 7.69. The Labute approximate surface area is 251 Å². The number of hydrogen-bond donors (Lipinski definition) is 3. The van der Waals surface area contributed by atoms with Crippen LogP contribution in [0.3, 0.4) is 0 Å². The van der Waals surface area contributed by atoms with E-state index < -0.39 is 5.54 Å². The van der Waals surface area contributed by atoms with Crippen molar-refractivity contribution in [3.05, 3.63) is 156 Å². The molecule has 7 nitrogen and oxygen atoms in total. The third kappa shape index (κ3) is 5.33. The van der Waals surface area contributed by atoms with E-state index in [0.29, 0.717) is 12.4 Å². The summed E-state index contributed by atoms with van der Waals surface area (Å²) in [7, 11) is 0. The lowest BCUT2D eigenvalue weighted by molar-refractivity contribution is 0.249. The van der Waals surface area contributed by atoms with Gasteiger partial charge in [-0.25, -0.2) is 14.5 Å². The van der Waals surface area contributed by atoms with E-state index in [4.69, 9.17) is 5.10 Å². The molecule has 7 heteroatoms. The molecule has 0 fully saturated rings. The first-order chi connectivity index (χ1) is 21.1. The van der Waals surface area contributed by atoms with Crippen LogP contribution in [-0.2, 0) is 5.54 Å². The van der Waals surface area contributed by atoms with Gasteiger partial charge in [0.25, 0.3) is 0 Å². The van der Waals surface area contributed by atoms with E-state index in [1.54, 1.807) is 6.20 Å². The molecule has 0 radical (unpaired) electrons. The number of carbonyl (C=O) groups is 1. The Bertz CT molecular complexity index is 1710. The predicted molar refractivity (Wildman–Crippen MR) is 173 cm³/mol. The molecular formula is C36H34N6O. The third-order valence-corrected chi connectivity index (χ3v) is 7.69. The van der Waals surface area contributed by atoms with E-state index >= 15 is 0 Å². The van der Waals surface area contributed by atoms with E-state index in [-0.39, 0.29) is 12.1 Å². The van der Waals surface area contributed by atoms with Crippen molar-refractivity contribution >= 4 is 28.6 Å². The van der Waals surface area contributed by atoms with Gasteiger partial charge in [-0.15, -0.1) is 0 Å². The first-order valence-corrected chi connectivity index (χ1v) is 14.5. The Morgan fingerprint density at radius 2 is 1.30 bits per heavy atom. The minimum Gasteiger partial charge on any atom is -0.368 e. The number of nitrogens with one attached hydrogen (secondary N) is 3. The molecule has 6 rings (SSSR count). The quantitative estimate of drug-likeness (QED) is 0.158. The van der Waals surface area contributed by atoms with E-state index in [9.17, 15) is 4.79 Å². The van der Waals surface area contributed by atoms with Gasteiger partial charge in [0.05, 0.1) is 16.9 Å². The fourth-order valence-corrected chi connectivity index (χ4v) is 5.71. The van der Waals surface area contributed by atoms with Crippen LogP contribution in [0.1, 0.15) is 42.1 Å². The van der Waals surface area contributed by atoms with Crippen molar-refractivity contribution in [2.75, 3.05) is 17.2 Å². The van der Waals surface area contributed by atoms with Crippen molar-refractivity contribution in [1.82, 2.24) is 20.1 Å². The van der Waals surface area contributed by atoms with Crippen LogP contribution in [0, 0.1) is 0 Å². The van der Waals surface area contributed by atoms with E-state index in [1.807, 2.05) is 68.4 Å². The van der Waals surface area contributed by atoms with E-state index in [0.717, 1.165) is 39.0 Å². The average molecular weight is 567 g/mol. The van der Waals surface area contributed by atoms with Crippen LogP contribution >= 0.6 is 0 Å². The van der Waals surface area contributed by atoms with Gasteiger partial charge in [-0.05, 0) is 36.1 Å². The first kappa shape index (κ1) is 27.7. The highest BCUT2D eigenvalue weighted by Crippen LogP contribution is 2.43. The van der Waals surface area contributed by atoms with E-state index in [2.05, 4.69) is 98.4 Å². The number of urea groups is 1. The molecule has 0 saturated carbocycles. The van der Waals surface area contributed by atoms with Crippen LogP contribution in [0.15, 0.2) is 134 Å². The maximum absolute atomic E-state index is 13.1. The maximum Gasteiger partial charge on any atom is 0.320 e. The number of aromatic nitrogens is 3. The summed E-state index contributed by atoms with van der Waals surface area (Å²) in [6.07, 6.45) is 1.78. The van der Waals surface area contributed by atoms with Crippen molar-refractivity contribution in [3.63, 3.8) is 0 Å². The summed E-state index contributed by atoms with van der Waals surface area (Å²) < 4.78 is 2.07. The summed E-state index contributed by atoms with van der Waals surface area (Å²) >= 11 is 0. The first-order valence-electron chi connectivity index (χ1n) is 14.5. The van der Waals surface area contributed by atoms with Crippen LogP contribution in [-0.4, -0.2) is 27.3 Å². The fraction of sp³-hybridized carbons (Fsp3) is 0.139. The molecule has 2 aromatic heterocycles. The van der Waals surface area contributed by atoms with Crippen LogP contribution in [0.5, 0.6) is 0 Å². The van der Waals surface area contributed by atoms with Crippen LogP contribution in [0.2, 0.25) is 0 Å². The molecule has 4 aromatic carbocycles. The number of pyridine rings is 1. The summed E-state index contributed by atoms with van der Waals surface area (Å²) in [6, 6.07) is 42.5. The van der Waals surface area contributed by atoms with Gasteiger partial charge in [0.15, 0.2) is 5.82 Å². The zero-order valence-corrected chi connectivity index (χ0v) is 24.2. The largest absolute Gasteiger partial charge is 0.368 e. The monoisotopic (exact) mass is 566 g/mol. The van der Waals surface area contributed by atoms with Crippen molar-refractivity contribution in [2.24, 2.45) is 0 Å². The molecular weight excluding hydrogens is 532 g/mol. The molecule has 3 N–H and O–H groups in total. The molecule has 2 amide bonds. The normalized spacial score (nSPS) is 12.0. The molecule has 214 valence electrons. The standard InChI is InChI=1S/C36H34N6O/c1-3-37-34-31-25-38-33(40-35(43)39-26(2)27-16-8-4-9-17-27)24-32(31)42(41-34)36(28-18-10-5-11-19-28,29-20-12-6-13-21-29)30-22-14-7-15-23-30/h4-26H,3H2,1-2H3,(H,37,41)(H2,38,39,40,43)/t26-/m1/s1. The molecule has 0 aliphatic heterocycles. The number of hydrogen-bond acceptors (Lipinski definition) is 4. The zero-order chi connectivity index (χ0) is 29.6. The topological polar surface area (TPSA) is 83.9 Å². The second-order valence-corrected chi connectivity index (χ2v) is 10.4. The van der Waals surface area contributed by atoms with Crippen molar-refractivity contribution in [3.8, 4) is 0 Å². The lowest BCUT2D eigenvalue weighted by Gasteiger charge is -2.37. The lowest BCUT2D eigenvalue weighted by atomic mass is 9.77. The molecule has 0 saturated heterocycles. The van der Waals surface area contributed by atoms with Crippen molar-refractivity contribution in [1.29, 1.82) is 0 Å². The van der Waals surface area contributed by atoms with Gasteiger partial charge in [0, 0.05) is 18.8 Å². The molecule has 0 aliphatic rings. The number of rotatable bonds is 9. The number of benzene rings is 4. The molecule has 0 bridgehead atoms. The number of fused-ring (bicyclic) bond motifs is 1. The highest BCUT2D eigenvalue weighted by molar-refractivity contribution is 5.95. The summed E-state index contributed by atoms with van der Waals surface area (Å²) in [5.74, 6) is 1.16. The Hall–Kier alpha value is -5.43. The molecule has 1 atom stereocenters. The zero-order valence-electron chi connectivity index (χ0n) is 24.2. The minimum absolute atomic E-state index is 0.169. The van der Waals surface area contributed by atoms with Gasteiger partial charge >= 0.3 is 6.03 Å². The maximum atomic E-state index is 13.1. The smallest absolute Gasteiger partial charge is 0.320 e. The number of anilines is 2. The van der Waals surface area contributed by atoms with Gasteiger partial charge < -0.3 is 10.6 Å². The van der Waals surface area contributed by atoms with Crippen molar-refractivity contribution < 1.29 is 4.79 Å². The number of carbonyl (C=O) groups excluding carboxylic acids is 1. The van der Waals surface area contributed by atoms with Crippen molar-refractivity contribution in [2.45, 2.75) is 25.4 Å². The summed E-state index contributed by atoms with van der Waals surface area (Å²) in [5.41, 5.74) is 4.20. The Morgan fingerprint density at radius 1 is 0.791 bits per heavy atom. The summed E-state index contributed by atoms with van der Waals surface area (Å²) in [6.45, 7) is 4.70. The second kappa shape index (κ2) is 12.2. The highest BCUT2D eigenvalue weighted by Gasteiger charge is 2.41. The Morgan fingerprint density at radius 3 is 1.81 bits per heavy atom. The van der Waals surface area contributed by atoms with Crippen LogP contribution < -0.4 is 16.0 Å². The molecule has 6 aromatic rings. The molecule has 0 unspecified atom stereocenters. The van der Waals surface area contributed by atoms with Gasteiger partial charge in [-0.1, -0.05) is 121 Å². The summed E-state index contributed by atoms with van der Waals surface area (Å²) in [4.78, 5) is 17.7. The van der Waals surface area contributed by atoms with Gasteiger partial charge in [0.2, 0.25) is 0 Å². The highest BCUT2D eigenvalue weighted by atomic mass is 16.2. The van der Waals surface area contributed by atoms with Gasteiger partial charge in [-0.2, -0.15) is 5.10 Å². The molecule has 0 spiro atoms. The summed E-state index contributed by atoms with van der Waals surface area (Å²) in [5, 5.41) is 15.5. The SMILES string of the molecule is CCNc1nn(C(c2ccccc2)(c2ccccc2)c2ccccc2)c2cc(NC(=O)N[C@H](C)c3ccccc3)ncc12. The number of nitrogens with zero attached hydrogens (tertiary/aromatic N) is 3. The number of amides is 2. The predicted octanol–water partition coefficient (Wildman–Crippen LogP) is 7.59. The Kier molecular flexibility index (Phi) is 7.87.